The molecule has 0 rings (SSSR count). The van der Waals surface area contributed by atoms with Crippen molar-refractivity contribution in [2.75, 3.05) is 0 Å². The zero-order valence-electron chi connectivity index (χ0n) is 13.0. The maximum Gasteiger partial charge on any atom is -0.0291 e. The van der Waals surface area contributed by atoms with Crippen LogP contribution in [0.4, 0.5) is 0 Å². The molecule has 0 aromatic carbocycles. The number of hydrogen-bond donors (Lipinski definition) is 0. The molecule has 0 aliphatic carbocycles. The van der Waals surface area contributed by atoms with Crippen molar-refractivity contribution in [3.05, 3.63) is 0 Å². The second kappa shape index (κ2) is 6.07. The Morgan fingerprint density at radius 2 is 1.38 bits per heavy atom. The first kappa shape index (κ1) is 16.0. The Kier molecular flexibility index (Phi) is 6.07. The Morgan fingerprint density at radius 3 is 1.69 bits per heavy atom. The first-order valence-electron chi connectivity index (χ1n) is 7.13. The maximum absolute atomic E-state index is 2.47. The lowest BCUT2D eigenvalue weighted by atomic mass is 9.59. The molecule has 1 unspecified atom stereocenters. The van der Waals surface area contributed by atoms with Crippen LogP contribution in [0, 0.1) is 22.7 Å². The van der Waals surface area contributed by atoms with E-state index in [0.29, 0.717) is 10.8 Å². The molecule has 98 valence electrons. The van der Waals surface area contributed by atoms with Crippen LogP contribution in [0.1, 0.15) is 81.1 Å². The van der Waals surface area contributed by atoms with Gasteiger partial charge < -0.3 is 0 Å². The Balaban J connectivity index is 4.64. The number of rotatable bonds is 6. The lowest BCUT2D eigenvalue weighted by molar-refractivity contribution is 0.0353. The fourth-order valence-electron chi connectivity index (χ4n) is 4.06. The summed E-state index contributed by atoms with van der Waals surface area (Å²) in [6, 6.07) is 0. The van der Waals surface area contributed by atoms with Crippen LogP contribution < -0.4 is 0 Å². The van der Waals surface area contributed by atoms with Gasteiger partial charge in [-0.25, -0.2) is 0 Å². The fraction of sp³-hybridized carbons (Fsp3) is 1.00. The van der Waals surface area contributed by atoms with Gasteiger partial charge in [0, 0.05) is 0 Å². The molecule has 0 aromatic heterocycles. The SMILES string of the molecule is CCCCCC(C)(C)C(C(C)C)C(C)(C)C. The van der Waals surface area contributed by atoms with Crippen molar-refractivity contribution < 1.29 is 0 Å². The van der Waals surface area contributed by atoms with Gasteiger partial charge >= 0.3 is 0 Å². The molecule has 0 aliphatic heterocycles. The van der Waals surface area contributed by atoms with E-state index in [9.17, 15) is 0 Å². The van der Waals surface area contributed by atoms with Crippen LogP contribution in [-0.2, 0) is 0 Å². The van der Waals surface area contributed by atoms with Gasteiger partial charge in [0.15, 0.2) is 0 Å². The zero-order valence-corrected chi connectivity index (χ0v) is 13.0. The zero-order chi connectivity index (χ0) is 13.0. The third kappa shape index (κ3) is 4.89. The first-order valence-corrected chi connectivity index (χ1v) is 7.13. The van der Waals surface area contributed by atoms with Crippen molar-refractivity contribution in [1.29, 1.82) is 0 Å². The van der Waals surface area contributed by atoms with Crippen LogP contribution in [0.5, 0.6) is 0 Å². The molecule has 0 heteroatoms. The Hall–Kier alpha value is 0. The average Bonchev–Trinajstić information content (AvgIpc) is 1.98. The predicted molar refractivity (Wildman–Crippen MR) is 75.7 cm³/mol. The fourth-order valence-corrected chi connectivity index (χ4v) is 4.06. The highest BCUT2D eigenvalue weighted by Crippen LogP contribution is 2.47. The van der Waals surface area contributed by atoms with Crippen LogP contribution in [0.15, 0.2) is 0 Å². The van der Waals surface area contributed by atoms with Gasteiger partial charge in [-0.05, 0) is 29.1 Å². The number of hydrogen-bond acceptors (Lipinski definition) is 0. The normalized spacial score (nSPS) is 15.6. The van der Waals surface area contributed by atoms with Crippen molar-refractivity contribution in [1.82, 2.24) is 0 Å². The predicted octanol–water partition coefficient (Wildman–Crippen LogP) is 5.91. The van der Waals surface area contributed by atoms with Crippen LogP contribution in [0.3, 0.4) is 0 Å². The summed E-state index contributed by atoms with van der Waals surface area (Å²) in [7, 11) is 0. The van der Waals surface area contributed by atoms with Crippen LogP contribution in [-0.4, -0.2) is 0 Å². The van der Waals surface area contributed by atoms with Crippen molar-refractivity contribution in [2.24, 2.45) is 22.7 Å². The largest absolute Gasteiger partial charge is 0.0654 e. The molecular formula is C16H34. The van der Waals surface area contributed by atoms with E-state index >= 15 is 0 Å². The Bertz CT molecular complexity index is 181. The molecule has 0 saturated heterocycles. The summed E-state index contributed by atoms with van der Waals surface area (Å²) in [5, 5.41) is 0. The second-order valence-electron chi connectivity index (χ2n) is 7.53. The summed E-state index contributed by atoms with van der Waals surface area (Å²) in [4.78, 5) is 0. The molecule has 0 amide bonds. The topological polar surface area (TPSA) is 0 Å². The van der Waals surface area contributed by atoms with Crippen molar-refractivity contribution in [3.8, 4) is 0 Å². The van der Waals surface area contributed by atoms with E-state index in [1.165, 1.54) is 25.7 Å². The molecule has 0 spiro atoms. The molecule has 0 bridgehead atoms. The Labute approximate surface area is 104 Å². The summed E-state index contributed by atoms with van der Waals surface area (Å²) < 4.78 is 0. The van der Waals surface area contributed by atoms with Crippen LogP contribution in [0.25, 0.3) is 0 Å². The molecule has 0 nitrogen and oxygen atoms in total. The number of unbranched alkanes of at least 4 members (excludes halogenated alkanes) is 2. The highest BCUT2D eigenvalue weighted by atomic mass is 14.4. The maximum atomic E-state index is 2.47. The summed E-state index contributed by atoms with van der Waals surface area (Å²) in [6.07, 6.45) is 5.49. The van der Waals surface area contributed by atoms with Gasteiger partial charge in [0.25, 0.3) is 0 Å². The van der Waals surface area contributed by atoms with Gasteiger partial charge in [0.2, 0.25) is 0 Å². The highest BCUT2D eigenvalue weighted by molar-refractivity contribution is 4.88. The smallest absolute Gasteiger partial charge is 0.0291 e. The Morgan fingerprint density at radius 1 is 0.875 bits per heavy atom. The lowest BCUT2D eigenvalue weighted by Crippen LogP contribution is -2.38. The van der Waals surface area contributed by atoms with Crippen molar-refractivity contribution in [2.45, 2.75) is 81.1 Å². The quantitative estimate of drug-likeness (QED) is 0.494. The second-order valence-corrected chi connectivity index (χ2v) is 7.53. The minimum Gasteiger partial charge on any atom is -0.0654 e. The van der Waals surface area contributed by atoms with E-state index in [1.54, 1.807) is 0 Å². The van der Waals surface area contributed by atoms with Gasteiger partial charge in [-0.3, -0.25) is 0 Å². The molecule has 1 atom stereocenters. The van der Waals surface area contributed by atoms with Crippen molar-refractivity contribution >= 4 is 0 Å². The summed E-state index contributed by atoms with van der Waals surface area (Å²) in [5.41, 5.74) is 0.894. The molecule has 0 radical (unpaired) electrons. The standard InChI is InChI=1S/C16H34/c1-9-10-11-12-16(7,8)14(13(2)3)15(4,5)6/h13-14H,9-12H2,1-8H3. The third-order valence-electron chi connectivity index (χ3n) is 3.87. The van der Waals surface area contributed by atoms with E-state index in [4.69, 9.17) is 0 Å². The average molecular weight is 226 g/mol. The van der Waals surface area contributed by atoms with Gasteiger partial charge in [-0.2, -0.15) is 0 Å². The van der Waals surface area contributed by atoms with Gasteiger partial charge in [0.1, 0.15) is 0 Å². The minimum atomic E-state index is 0.421. The van der Waals surface area contributed by atoms with E-state index in [0.717, 1.165) is 11.8 Å². The van der Waals surface area contributed by atoms with Crippen LogP contribution in [0.2, 0.25) is 0 Å². The molecule has 0 saturated carbocycles. The molecule has 0 fully saturated rings. The van der Waals surface area contributed by atoms with Crippen LogP contribution >= 0.6 is 0 Å². The monoisotopic (exact) mass is 226 g/mol. The van der Waals surface area contributed by atoms with E-state index in [2.05, 4.69) is 55.4 Å². The molecule has 0 aromatic rings. The highest BCUT2D eigenvalue weighted by Gasteiger charge is 2.39. The van der Waals surface area contributed by atoms with Crippen molar-refractivity contribution in [3.63, 3.8) is 0 Å². The van der Waals surface area contributed by atoms with Gasteiger partial charge in [0.05, 0.1) is 0 Å². The summed E-state index contributed by atoms with van der Waals surface area (Å²) in [6.45, 7) is 19.2. The van der Waals surface area contributed by atoms with Gasteiger partial charge in [-0.1, -0.05) is 74.7 Å². The molecule has 0 heterocycles. The molecule has 0 aliphatic rings. The van der Waals surface area contributed by atoms with E-state index in [-0.39, 0.29) is 0 Å². The third-order valence-corrected chi connectivity index (χ3v) is 3.87. The van der Waals surface area contributed by atoms with E-state index in [1.807, 2.05) is 0 Å². The summed E-state index contributed by atoms with van der Waals surface area (Å²) in [5.74, 6) is 1.58. The molecule has 0 N–H and O–H groups in total. The molecular weight excluding hydrogens is 192 g/mol. The minimum absolute atomic E-state index is 0.421. The molecule has 16 heavy (non-hydrogen) atoms. The summed E-state index contributed by atoms with van der Waals surface area (Å²) >= 11 is 0. The van der Waals surface area contributed by atoms with Gasteiger partial charge in [-0.15, -0.1) is 0 Å². The lowest BCUT2D eigenvalue weighted by Gasteiger charge is -2.46. The van der Waals surface area contributed by atoms with E-state index < -0.39 is 0 Å². The first-order chi connectivity index (χ1) is 7.13.